The smallest absolute Gasteiger partial charge is 0.322 e. The van der Waals surface area contributed by atoms with Crippen LogP contribution in [-0.4, -0.2) is 34.0 Å². The Bertz CT molecular complexity index is 550. The van der Waals surface area contributed by atoms with Crippen molar-refractivity contribution >= 4 is 23.5 Å². The predicted octanol–water partition coefficient (Wildman–Crippen LogP) is 2.26. The number of carboxylic acid groups (broad SMARTS) is 1. The fourth-order valence-corrected chi connectivity index (χ4v) is 4.65. The van der Waals surface area contributed by atoms with Gasteiger partial charge in [0, 0.05) is 12.3 Å². The highest BCUT2D eigenvalue weighted by Crippen LogP contribution is 2.30. The lowest BCUT2D eigenvalue weighted by Gasteiger charge is -2.14. The Morgan fingerprint density at radius 2 is 1.91 bits per heavy atom. The summed E-state index contributed by atoms with van der Waals surface area (Å²) in [7, 11) is 0. The maximum Gasteiger partial charge on any atom is 0.322 e. The van der Waals surface area contributed by atoms with Gasteiger partial charge in [-0.2, -0.15) is 0 Å². The summed E-state index contributed by atoms with van der Waals surface area (Å²) in [6, 6.07) is 7.84. The number of thioether (sulfide) groups is 1. The number of carbonyl (C=O) groups excluding carboxylic acids is 1. The molecule has 1 heterocycles. The van der Waals surface area contributed by atoms with Crippen molar-refractivity contribution in [2.45, 2.75) is 43.4 Å². The van der Waals surface area contributed by atoms with E-state index >= 15 is 0 Å². The maximum absolute atomic E-state index is 12.2. The summed E-state index contributed by atoms with van der Waals surface area (Å²) >= 11 is 1.42. The van der Waals surface area contributed by atoms with Crippen molar-refractivity contribution < 1.29 is 14.7 Å². The molecule has 0 amide bonds. The van der Waals surface area contributed by atoms with E-state index in [9.17, 15) is 9.59 Å². The molecule has 3 rings (SSSR count). The standard InChI is InChI=1S/C17H21NO3S/c19-14(16-15(17(20)21)18-10-22-16)7-3-4-11-8-12-5-1-2-6-13(12)9-11/h1-2,5-6,11,15-16,18H,3-4,7-10H2,(H,20,21)/t15-,16?/m0/s1. The Kier molecular flexibility index (Phi) is 4.84. The fourth-order valence-electron chi connectivity index (χ4n) is 3.49. The van der Waals surface area contributed by atoms with E-state index in [2.05, 4.69) is 29.6 Å². The highest BCUT2D eigenvalue weighted by molar-refractivity contribution is 8.00. The minimum Gasteiger partial charge on any atom is -0.480 e. The highest BCUT2D eigenvalue weighted by Gasteiger charge is 2.37. The number of Topliss-reactive ketones (excluding diaryl/α,β-unsaturated/α-hetero) is 1. The molecule has 4 nitrogen and oxygen atoms in total. The molecule has 118 valence electrons. The van der Waals surface area contributed by atoms with Gasteiger partial charge in [-0.1, -0.05) is 24.3 Å². The molecule has 1 saturated heterocycles. The Labute approximate surface area is 134 Å². The fraction of sp³-hybridized carbons (Fsp3) is 0.529. The lowest BCUT2D eigenvalue weighted by atomic mass is 9.96. The van der Waals surface area contributed by atoms with Crippen molar-refractivity contribution in [2.75, 3.05) is 5.88 Å². The van der Waals surface area contributed by atoms with Gasteiger partial charge in [0.2, 0.25) is 0 Å². The van der Waals surface area contributed by atoms with Gasteiger partial charge in [-0.3, -0.25) is 14.9 Å². The summed E-state index contributed by atoms with van der Waals surface area (Å²) in [6.45, 7) is 0. The molecule has 1 aliphatic heterocycles. The van der Waals surface area contributed by atoms with Crippen LogP contribution < -0.4 is 5.32 Å². The summed E-state index contributed by atoms with van der Waals surface area (Å²) < 4.78 is 0. The van der Waals surface area contributed by atoms with E-state index in [4.69, 9.17) is 5.11 Å². The second kappa shape index (κ2) is 6.84. The van der Waals surface area contributed by atoms with Crippen LogP contribution >= 0.6 is 11.8 Å². The van der Waals surface area contributed by atoms with Gasteiger partial charge >= 0.3 is 5.97 Å². The highest BCUT2D eigenvalue weighted by atomic mass is 32.2. The first-order chi connectivity index (χ1) is 10.6. The second-order valence-corrected chi connectivity index (χ2v) is 7.28. The van der Waals surface area contributed by atoms with Crippen LogP contribution in [0.15, 0.2) is 24.3 Å². The molecule has 5 heteroatoms. The lowest BCUT2D eigenvalue weighted by molar-refractivity contribution is -0.140. The Balaban J connectivity index is 1.44. The number of nitrogens with one attached hydrogen (secondary N) is 1. The number of aliphatic carboxylic acids is 1. The van der Waals surface area contributed by atoms with Gasteiger partial charge in [-0.05, 0) is 42.7 Å². The molecule has 1 aromatic rings. The molecule has 0 aromatic heterocycles. The molecule has 22 heavy (non-hydrogen) atoms. The Morgan fingerprint density at radius 1 is 1.23 bits per heavy atom. The van der Waals surface area contributed by atoms with Gasteiger partial charge in [0.25, 0.3) is 0 Å². The van der Waals surface area contributed by atoms with Gasteiger partial charge in [-0.25, -0.2) is 0 Å². The van der Waals surface area contributed by atoms with Crippen molar-refractivity contribution in [1.29, 1.82) is 0 Å². The molecular weight excluding hydrogens is 298 g/mol. The molecule has 0 bridgehead atoms. The molecule has 1 aliphatic carbocycles. The number of carboxylic acids is 1. The number of fused-ring (bicyclic) bond motifs is 1. The van der Waals surface area contributed by atoms with Crippen LogP contribution in [0.5, 0.6) is 0 Å². The third-order valence-electron chi connectivity index (χ3n) is 4.62. The van der Waals surface area contributed by atoms with Gasteiger partial charge in [-0.15, -0.1) is 11.8 Å². The number of benzene rings is 1. The number of hydrogen-bond donors (Lipinski definition) is 2. The molecule has 2 N–H and O–H groups in total. The van der Waals surface area contributed by atoms with E-state index in [1.807, 2.05) is 0 Å². The lowest BCUT2D eigenvalue weighted by Crippen LogP contribution is -2.41. The van der Waals surface area contributed by atoms with Crippen LogP contribution in [0.3, 0.4) is 0 Å². The third kappa shape index (κ3) is 3.36. The van der Waals surface area contributed by atoms with Crippen LogP contribution in [0.1, 0.15) is 30.4 Å². The summed E-state index contributed by atoms with van der Waals surface area (Å²) in [5.41, 5.74) is 2.89. The van der Waals surface area contributed by atoms with E-state index in [-0.39, 0.29) is 5.78 Å². The largest absolute Gasteiger partial charge is 0.480 e. The van der Waals surface area contributed by atoms with Crippen LogP contribution in [-0.2, 0) is 22.4 Å². The normalized spacial score (nSPS) is 24.4. The van der Waals surface area contributed by atoms with E-state index in [0.29, 0.717) is 18.2 Å². The van der Waals surface area contributed by atoms with E-state index < -0.39 is 17.3 Å². The molecule has 0 radical (unpaired) electrons. The molecule has 1 fully saturated rings. The minimum atomic E-state index is -0.922. The quantitative estimate of drug-likeness (QED) is 0.842. The van der Waals surface area contributed by atoms with Gasteiger partial charge in [0.1, 0.15) is 11.8 Å². The van der Waals surface area contributed by atoms with Crippen LogP contribution in [0.4, 0.5) is 0 Å². The molecular formula is C17H21NO3S. The van der Waals surface area contributed by atoms with Gasteiger partial charge in [0.15, 0.2) is 0 Å². The molecule has 2 aliphatic rings. The minimum absolute atomic E-state index is 0.0814. The first-order valence-electron chi connectivity index (χ1n) is 7.82. The second-order valence-electron chi connectivity index (χ2n) is 6.15. The van der Waals surface area contributed by atoms with E-state index in [0.717, 1.165) is 25.7 Å². The molecule has 1 unspecified atom stereocenters. The first kappa shape index (κ1) is 15.6. The zero-order valence-corrected chi connectivity index (χ0v) is 13.3. The molecule has 1 aromatic carbocycles. The van der Waals surface area contributed by atoms with Crippen molar-refractivity contribution in [3.8, 4) is 0 Å². The summed E-state index contributed by atoms with van der Waals surface area (Å²) in [5.74, 6) is 0.341. The average molecular weight is 319 g/mol. The summed E-state index contributed by atoms with van der Waals surface area (Å²) in [5, 5.41) is 11.6. The van der Waals surface area contributed by atoms with Gasteiger partial charge < -0.3 is 5.11 Å². The Hall–Kier alpha value is -1.33. The number of carbonyl (C=O) groups is 2. The van der Waals surface area contributed by atoms with Crippen LogP contribution in [0, 0.1) is 5.92 Å². The Morgan fingerprint density at radius 3 is 2.55 bits per heavy atom. The summed E-state index contributed by atoms with van der Waals surface area (Å²) in [6.07, 6.45) is 4.63. The van der Waals surface area contributed by atoms with Gasteiger partial charge in [0.05, 0.1) is 5.25 Å². The van der Waals surface area contributed by atoms with Crippen LogP contribution in [0.2, 0.25) is 0 Å². The number of hydrogen-bond acceptors (Lipinski definition) is 4. The molecule has 0 saturated carbocycles. The third-order valence-corrected chi connectivity index (χ3v) is 5.85. The van der Waals surface area contributed by atoms with Crippen molar-refractivity contribution in [3.05, 3.63) is 35.4 Å². The zero-order chi connectivity index (χ0) is 15.5. The predicted molar refractivity (Wildman–Crippen MR) is 87.0 cm³/mol. The van der Waals surface area contributed by atoms with E-state index in [1.54, 1.807) is 0 Å². The van der Waals surface area contributed by atoms with Crippen molar-refractivity contribution in [2.24, 2.45) is 5.92 Å². The number of ketones is 1. The average Bonchev–Trinajstić information content (AvgIpc) is 3.13. The van der Waals surface area contributed by atoms with Crippen molar-refractivity contribution in [3.63, 3.8) is 0 Å². The molecule has 0 spiro atoms. The topological polar surface area (TPSA) is 66.4 Å². The van der Waals surface area contributed by atoms with Crippen molar-refractivity contribution in [1.82, 2.24) is 5.32 Å². The summed E-state index contributed by atoms with van der Waals surface area (Å²) in [4.78, 5) is 23.3. The maximum atomic E-state index is 12.2. The monoisotopic (exact) mass is 319 g/mol. The number of rotatable bonds is 6. The SMILES string of the molecule is O=C(CCCC1Cc2ccccc2C1)C1SCN[C@@H]1C(=O)O. The van der Waals surface area contributed by atoms with E-state index in [1.165, 1.54) is 22.9 Å². The van der Waals surface area contributed by atoms with Crippen LogP contribution in [0.25, 0.3) is 0 Å². The molecule has 2 atom stereocenters. The zero-order valence-electron chi connectivity index (χ0n) is 12.5. The first-order valence-corrected chi connectivity index (χ1v) is 8.87.